The molecule has 2 aromatic heterocycles. The zero-order chi connectivity index (χ0) is 17.8. The zero-order valence-corrected chi connectivity index (χ0v) is 15.5. The summed E-state index contributed by atoms with van der Waals surface area (Å²) in [7, 11) is 0. The first-order valence-electron chi connectivity index (χ1n) is 9.79. The monoisotopic (exact) mass is 352 g/mol. The van der Waals surface area contributed by atoms with Crippen LogP contribution in [0.3, 0.4) is 0 Å². The lowest BCUT2D eigenvalue weighted by Crippen LogP contribution is -2.34. The highest BCUT2D eigenvalue weighted by Crippen LogP contribution is 2.25. The van der Waals surface area contributed by atoms with Gasteiger partial charge in [-0.25, -0.2) is 4.98 Å². The van der Waals surface area contributed by atoms with Crippen molar-refractivity contribution in [3.63, 3.8) is 0 Å². The van der Waals surface area contributed by atoms with Gasteiger partial charge in [0.15, 0.2) is 0 Å². The van der Waals surface area contributed by atoms with Crippen LogP contribution in [0.25, 0.3) is 11.0 Å². The largest absolute Gasteiger partial charge is 0.468 e. The summed E-state index contributed by atoms with van der Waals surface area (Å²) >= 11 is 0. The topological polar surface area (TPSA) is 46.2 Å². The first-order chi connectivity index (χ1) is 12.9. The Morgan fingerprint density at radius 2 is 2.00 bits per heavy atom. The van der Waals surface area contributed by atoms with Gasteiger partial charge < -0.3 is 14.3 Å². The predicted molar refractivity (Wildman–Crippen MR) is 104 cm³/mol. The molecule has 5 heteroatoms. The van der Waals surface area contributed by atoms with Crippen molar-refractivity contribution in [2.24, 2.45) is 0 Å². The van der Waals surface area contributed by atoms with Gasteiger partial charge in [-0.2, -0.15) is 0 Å². The van der Waals surface area contributed by atoms with Crippen LogP contribution in [-0.2, 0) is 13.1 Å². The fourth-order valence-corrected chi connectivity index (χ4v) is 4.00. The summed E-state index contributed by atoms with van der Waals surface area (Å²) in [6, 6.07) is 12.8. The molecule has 1 aromatic carbocycles. The molecule has 1 aliphatic rings. The average Bonchev–Trinajstić information content (AvgIpc) is 3.41. The first kappa shape index (κ1) is 17.3. The number of rotatable bonds is 8. The van der Waals surface area contributed by atoms with E-state index in [0.29, 0.717) is 6.04 Å². The van der Waals surface area contributed by atoms with Crippen molar-refractivity contribution in [3.05, 3.63) is 54.2 Å². The van der Waals surface area contributed by atoms with E-state index in [1.54, 1.807) is 6.26 Å². The summed E-state index contributed by atoms with van der Waals surface area (Å²) in [6.07, 6.45) is 5.45. The minimum absolute atomic E-state index is 0.302. The highest BCUT2D eigenvalue weighted by molar-refractivity contribution is 5.75. The number of nitrogens with one attached hydrogen (secondary N) is 1. The third kappa shape index (κ3) is 3.55. The van der Waals surface area contributed by atoms with E-state index in [9.17, 15) is 0 Å². The van der Waals surface area contributed by atoms with E-state index in [4.69, 9.17) is 9.40 Å². The second-order valence-corrected chi connectivity index (χ2v) is 7.07. The van der Waals surface area contributed by atoms with Crippen molar-refractivity contribution in [1.29, 1.82) is 0 Å². The fraction of sp³-hybridized carbons (Fsp3) is 0.476. The van der Waals surface area contributed by atoms with Crippen LogP contribution in [0.5, 0.6) is 0 Å². The lowest BCUT2D eigenvalue weighted by atomic mass is 10.2. The molecule has 1 unspecified atom stereocenters. The Balaban J connectivity index is 1.47. The number of imidazole rings is 1. The normalized spacial score (nSPS) is 16.5. The van der Waals surface area contributed by atoms with E-state index in [-0.39, 0.29) is 0 Å². The van der Waals surface area contributed by atoms with E-state index in [1.807, 2.05) is 6.07 Å². The standard InChI is InChI=1S/C21H28N4O/c1-2-11-25-18-9-4-3-8-17(18)23-21(25)16-22-15-19(20-10-7-14-26-20)24-12-5-6-13-24/h3-4,7-10,14,19,22H,2,5-6,11-13,15-16H2,1H3. The fourth-order valence-electron chi connectivity index (χ4n) is 4.00. The molecule has 0 spiro atoms. The van der Waals surface area contributed by atoms with E-state index >= 15 is 0 Å². The van der Waals surface area contributed by atoms with Gasteiger partial charge in [-0.05, 0) is 56.6 Å². The third-order valence-corrected chi connectivity index (χ3v) is 5.25. The molecule has 1 fully saturated rings. The van der Waals surface area contributed by atoms with Crippen LogP contribution in [0.1, 0.15) is 43.8 Å². The van der Waals surface area contributed by atoms with E-state index < -0.39 is 0 Å². The molecule has 3 heterocycles. The number of hydrogen-bond donors (Lipinski definition) is 1. The lowest BCUT2D eigenvalue weighted by Gasteiger charge is -2.26. The Hall–Kier alpha value is -2.11. The SMILES string of the molecule is CCCn1c(CNCC(c2ccco2)N2CCCC2)nc2ccccc21. The smallest absolute Gasteiger partial charge is 0.123 e. The van der Waals surface area contributed by atoms with Gasteiger partial charge in [-0.3, -0.25) is 4.90 Å². The van der Waals surface area contributed by atoms with Crippen molar-refractivity contribution < 1.29 is 4.42 Å². The third-order valence-electron chi connectivity index (χ3n) is 5.25. The summed E-state index contributed by atoms with van der Waals surface area (Å²) in [5.41, 5.74) is 2.31. The van der Waals surface area contributed by atoms with Gasteiger partial charge in [-0.15, -0.1) is 0 Å². The summed E-state index contributed by atoms with van der Waals surface area (Å²) in [5.74, 6) is 2.18. The number of aryl methyl sites for hydroxylation is 1. The van der Waals surface area contributed by atoms with Crippen molar-refractivity contribution in [2.45, 2.75) is 45.3 Å². The van der Waals surface area contributed by atoms with Crippen LogP contribution in [0, 0.1) is 0 Å². The molecule has 0 aliphatic carbocycles. The number of fused-ring (bicyclic) bond motifs is 1. The maximum atomic E-state index is 5.72. The number of nitrogens with zero attached hydrogens (tertiary/aromatic N) is 3. The van der Waals surface area contributed by atoms with Crippen LogP contribution < -0.4 is 5.32 Å². The number of para-hydroxylation sites is 2. The first-order valence-corrected chi connectivity index (χ1v) is 9.79. The van der Waals surface area contributed by atoms with Gasteiger partial charge in [0.05, 0.1) is 29.9 Å². The van der Waals surface area contributed by atoms with E-state index in [0.717, 1.165) is 56.2 Å². The van der Waals surface area contributed by atoms with E-state index in [1.165, 1.54) is 18.4 Å². The molecule has 1 N–H and O–H groups in total. The minimum Gasteiger partial charge on any atom is -0.468 e. The molecular weight excluding hydrogens is 324 g/mol. The molecule has 1 atom stereocenters. The van der Waals surface area contributed by atoms with Crippen molar-refractivity contribution in [2.75, 3.05) is 19.6 Å². The molecule has 0 amide bonds. The van der Waals surface area contributed by atoms with Crippen molar-refractivity contribution in [3.8, 4) is 0 Å². The maximum absolute atomic E-state index is 5.72. The second-order valence-electron chi connectivity index (χ2n) is 7.07. The number of furan rings is 1. The summed E-state index contributed by atoms with van der Waals surface area (Å²) in [4.78, 5) is 7.38. The quantitative estimate of drug-likeness (QED) is 0.666. The molecule has 5 nitrogen and oxygen atoms in total. The molecule has 3 aromatic rings. The van der Waals surface area contributed by atoms with Gasteiger partial charge in [0.25, 0.3) is 0 Å². The van der Waals surface area contributed by atoms with Crippen LogP contribution in [-0.4, -0.2) is 34.1 Å². The molecule has 0 bridgehead atoms. The van der Waals surface area contributed by atoms with Crippen LogP contribution in [0.15, 0.2) is 47.1 Å². The molecule has 4 rings (SSSR count). The zero-order valence-electron chi connectivity index (χ0n) is 15.5. The van der Waals surface area contributed by atoms with Gasteiger partial charge in [0.2, 0.25) is 0 Å². The molecule has 1 aliphatic heterocycles. The number of aromatic nitrogens is 2. The number of hydrogen-bond acceptors (Lipinski definition) is 4. The van der Waals surface area contributed by atoms with Gasteiger partial charge >= 0.3 is 0 Å². The Morgan fingerprint density at radius 1 is 1.15 bits per heavy atom. The van der Waals surface area contributed by atoms with Gasteiger partial charge in [0, 0.05) is 13.1 Å². The molecule has 138 valence electrons. The Bertz CT molecular complexity index is 818. The Kier molecular flexibility index (Phi) is 5.37. The molecule has 1 saturated heterocycles. The second kappa shape index (κ2) is 8.06. The van der Waals surface area contributed by atoms with Gasteiger partial charge in [-0.1, -0.05) is 19.1 Å². The maximum Gasteiger partial charge on any atom is 0.123 e. The molecular formula is C21H28N4O. The Labute approximate surface area is 155 Å². The van der Waals surface area contributed by atoms with Crippen LogP contribution in [0.2, 0.25) is 0 Å². The van der Waals surface area contributed by atoms with E-state index in [2.05, 4.69) is 52.0 Å². The minimum atomic E-state index is 0.302. The lowest BCUT2D eigenvalue weighted by molar-refractivity contribution is 0.208. The highest BCUT2D eigenvalue weighted by Gasteiger charge is 2.25. The van der Waals surface area contributed by atoms with Crippen molar-refractivity contribution >= 4 is 11.0 Å². The molecule has 0 radical (unpaired) electrons. The Morgan fingerprint density at radius 3 is 2.77 bits per heavy atom. The molecule has 26 heavy (non-hydrogen) atoms. The molecule has 0 saturated carbocycles. The van der Waals surface area contributed by atoms with Crippen LogP contribution in [0.4, 0.5) is 0 Å². The number of benzene rings is 1. The number of likely N-dealkylation sites (tertiary alicyclic amines) is 1. The average molecular weight is 352 g/mol. The summed E-state index contributed by atoms with van der Waals surface area (Å²) < 4.78 is 8.07. The highest BCUT2D eigenvalue weighted by atomic mass is 16.3. The summed E-state index contributed by atoms with van der Waals surface area (Å²) in [6.45, 7) is 7.18. The van der Waals surface area contributed by atoms with Gasteiger partial charge in [0.1, 0.15) is 11.6 Å². The van der Waals surface area contributed by atoms with Crippen molar-refractivity contribution in [1.82, 2.24) is 19.8 Å². The predicted octanol–water partition coefficient (Wildman–Crippen LogP) is 3.97. The summed E-state index contributed by atoms with van der Waals surface area (Å²) in [5, 5.41) is 3.64. The van der Waals surface area contributed by atoms with Crippen LogP contribution >= 0.6 is 0 Å².